The van der Waals surface area contributed by atoms with Gasteiger partial charge in [-0.3, -0.25) is 19.2 Å². The molecule has 36 heavy (non-hydrogen) atoms. The van der Waals surface area contributed by atoms with Crippen molar-refractivity contribution in [3.05, 3.63) is 18.2 Å². The fourth-order valence-electron chi connectivity index (χ4n) is 3.38. The van der Waals surface area contributed by atoms with E-state index in [9.17, 15) is 29.1 Å². The van der Waals surface area contributed by atoms with Crippen molar-refractivity contribution in [1.29, 1.82) is 0 Å². The van der Waals surface area contributed by atoms with Gasteiger partial charge in [0.1, 0.15) is 18.1 Å². The maximum Gasteiger partial charge on any atom is 0.326 e. The zero-order valence-corrected chi connectivity index (χ0v) is 20.7. The predicted octanol–water partition coefficient (Wildman–Crippen LogP) is -2.13. The van der Waals surface area contributed by atoms with Crippen LogP contribution in [0.2, 0.25) is 0 Å². The van der Waals surface area contributed by atoms with Crippen LogP contribution in [0.4, 0.5) is 0 Å². The van der Waals surface area contributed by atoms with Gasteiger partial charge in [0.15, 0.2) is 0 Å². The average Bonchev–Trinajstić information content (AvgIpc) is 3.33. The van der Waals surface area contributed by atoms with E-state index < -0.39 is 60.2 Å². The molecule has 14 nitrogen and oxygen atoms in total. The highest BCUT2D eigenvalue weighted by Crippen LogP contribution is 2.11. The van der Waals surface area contributed by atoms with Gasteiger partial charge in [0.2, 0.25) is 23.6 Å². The zero-order valence-electron chi connectivity index (χ0n) is 20.7. The highest BCUT2D eigenvalue weighted by atomic mass is 16.4. The number of nitrogens with two attached hydrogens (primary N) is 3. The average molecular weight is 511 g/mol. The summed E-state index contributed by atoms with van der Waals surface area (Å²) >= 11 is 0. The number of primary amides is 1. The number of hydrogen-bond acceptors (Lipinski definition) is 8. The summed E-state index contributed by atoms with van der Waals surface area (Å²) in [5.41, 5.74) is 17.2. The molecule has 0 saturated carbocycles. The first-order valence-electron chi connectivity index (χ1n) is 11.8. The van der Waals surface area contributed by atoms with E-state index >= 15 is 0 Å². The first-order valence-corrected chi connectivity index (χ1v) is 11.8. The van der Waals surface area contributed by atoms with Crippen molar-refractivity contribution >= 4 is 29.6 Å². The SMILES string of the molecule is CCC(C)C(NC(=O)C(N)Cc1cnc[nH]1)C(=O)NC(CCCCN)C(=O)NC(CC(N)=O)C(=O)O. The predicted molar refractivity (Wildman–Crippen MR) is 130 cm³/mol. The third-order valence-corrected chi connectivity index (χ3v) is 5.72. The van der Waals surface area contributed by atoms with E-state index in [1.54, 1.807) is 13.1 Å². The number of imidazole rings is 1. The van der Waals surface area contributed by atoms with Gasteiger partial charge >= 0.3 is 5.97 Å². The quantitative estimate of drug-likeness (QED) is 0.106. The molecule has 0 spiro atoms. The number of carboxylic acids is 1. The van der Waals surface area contributed by atoms with Crippen molar-refractivity contribution in [2.45, 2.75) is 76.5 Å². The van der Waals surface area contributed by atoms with Crippen LogP contribution in [-0.4, -0.2) is 75.4 Å². The molecule has 1 aromatic rings. The molecule has 0 saturated heterocycles. The molecule has 0 aromatic carbocycles. The maximum atomic E-state index is 13.2. The summed E-state index contributed by atoms with van der Waals surface area (Å²) < 4.78 is 0. The third-order valence-electron chi connectivity index (χ3n) is 5.72. The van der Waals surface area contributed by atoms with Crippen LogP contribution in [0.15, 0.2) is 12.5 Å². The summed E-state index contributed by atoms with van der Waals surface area (Å²) in [6, 6.07) is -4.62. The van der Waals surface area contributed by atoms with Gasteiger partial charge in [0.05, 0.1) is 18.8 Å². The van der Waals surface area contributed by atoms with Crippen LogP contribution in [-0.2, 0) is 30.4 Å². The smallest absolute Gasteiger partial charge is 0.326 e. The summed E-state index contributed by atoms with van der Waals surface area (Å²) in [5.74, 6) is -4.62. The second-order valence-corrected chi connectivity index (χ2v) is 8.67. The van der Waals surface area contributed by atoms with Gasteiger partial charge in [0, 0.05) is 18.3 Å². The molecule has 0 aliphatic carbocycles. The molecule has 4 amide bonds. The van der Waals surface area contributed by atoms with Crippen LogP contribution >= 0.6 is 0 Å². The Morgan fingerprint density at radius 2 is 1.72 bits per heavy atom. The van der Waals surface area contributed by atoms with Crippen molar-refractivity contribution in [2.24, 2.45) is 23.1 Å². The molecule has 0 fully saturated rings. The minimum absolute atomic E-state index is 0.165. The Morgan fingerprint density at radius 3 is 2.25 bits per heavy atom. The number of rotatable bonds is 17. The number of unbranched alkanes of at least 4 members (excludes halogenated alkanes) is 1. The number of nitrogens with zero attached hydrogens (tertiary/aromatic N) is 1. The van der Waals surface area contributed by atoms with E-state index in [1.807, 2.05) is 6.92 Å². The van der Waals surface area contributed by atoms with Crippen molar-refractivity contribution in [2.75, 3.05) is 6.54 Å². The largest absolute Gasteiger partial charge is 0.480 e. The molecule has 14 heteroatoms. The molecule has 5 unspecified atom stereocenters. The Balaban J connectivity index is 2.98. The molecule has 5 atom stereocenters. The summed E-state index contributed by atoms with van der Waals surface area (Å²) in [7, 11) is 0. The molecular weight excluding hydrogens is 472 g/mol. The molecule has 202 valence electrons. The van der Waals surface area contributed by atoms with Crippen molar-refractivity contribution < 1.29 is 29.1 Å². The highest BCUT2D eigenvalue weighted by molar-refractivity contribution is 5.95. The number of carbonyl (C=O) groups excluding carboxylic acids is 4. The van der Waals surface area contributed by atoms with E-state index in [2.05, 4.69) is 25.9 Å². The van der Waals surface area contributed by atoms with Gasteiger partial charge in [-0.1, -0.05) is 20.3 Å². The zero-order chi connectivity index (χ0) is 27.3. The highest BCUT2D eigenvalue weighted by Gasteiger charge is 2.32. The van der Waals surface area contributed by atoms with E-state index in [0.29, 0.717) is 31.5 Å². The molecule has 0 bridgehead atoms. The third kappa shape index (κ3) is 10.4. The molecule has 0 radical (unpaired) electrons. The summed E-state index contributed by atoms with van der Waals surface area (Å²) in [4.78, 5) is 68.1. The lowest BCUT2D eigenvalue weighted by molar-refractivity contribution is -0.143. The first kappa shape index (κ1) is 30.5. The number of carbonyl (C=O) groups is 5. The lowest BCUT2D eigenvalue weighted by atomic mass is 9.96. The molecule has 0 aliphatic heterocycles. The number of hydrogen-bond donors (Lipinski definition) is 8. The van der Waals surface area contributed by atoms with Gasteiger partial charge in [-0.15, -0.1) is 0 Å². The van der Waals surface area contributed by atoms with Gasteiger partial charge in [-0.25, -0.2) is 9.78 Å². The van der Waals surface area contributed by atoms with Crippen LogP contribution in [0.3, 0.4) is 0 Å². The maximum absolute atomic E-state index is 13.2. The minimum Gasteiger partial charge on any atom is -0.480 e. The number of carboxylic acid groups (broad SMARTS) is 1. The Bertz CT molecular complexity index is 878. The van der Waals surface area contributed by atoms with E-state index in [0.717, 1.165) is 0 Å². The topological polar surface area (TPSA) is 248 Å². The summed E-state index contributed by atoms with van der Waals surface area (Å²) in [6.07, 6.45) is 4.32. The second-order valence-electron chi connectivity index (χ2n) is 8.67. The number of H-pyrrole nitrogens is 1. The van der Waals surface area contributed by atoms with Crippen LogP contribution in [0.25, 0.3) is 0 Å². The lowest BCUT2D eigenvalue weighted by Crippen LogP contribution is -2.59. The number of aromatic amines is 1. The molecule has 1 rings (SSSR count). The standard InChI is InChI=1S/C22H38N8O6/c1-3-12(2)18(30-19(32)14(24)8-13-10-26-11-27-13)21(34)28-15(6-4-5-7-23)20(33)29-16(22(35)36)9-17(25)31/h10-12,14-16,18H,3-9,23-24H2,1-2H3,(H2,25,31)(H,26,27)(H,28,34)(H,29,33)(H,30,32)(H,35,36). The number of nitrogens with one attached hydrogen (secondary N) is 4. The van der Waals surface area contributed by atoms with E-state index in [1.165, 1.54) is 6.33 Å². The number of aromatic nitrogens is 2. The fourth-order valence-corrected chi connectivity index (χ4v) is 3.38. The fraction of sp³-hybridized carbons (Fsp3) is 0.636. The van der Waals surface area contributed by atoms with Gasteiger partial charge in [0.25, 0.3) is 0 Å². The van der Waals surface area contributed by atoms with Crippen molar-refractivity contribution in [3.8, 4) is 0 Å². The Morgan fingerprint density at radius 1 is 1.06 bits per heavy atom. The van der Waals surface area contributed by atoms with Gasteiger partial charge in [-0.05, 0) is 31.7 Å². The molecule has 0 aliphatic rings. The van der Waals surface area contributed by atoms with Crippen LogP contribution in [0.1, 0.15) is 51.6 Å². The molecule has 11 N–H and O–H groups in total. The van der Waals surface area contributed by atoms with E-state index in [-0.39, 0.29) is 18.8 Å². The van der Waals surface area contributed by atoms with E-state index in [4.69, 9.17) is 17.2 Å². The lowest BCUT2D eigenvalue weighted by Gasteiger charge is -2.28. The molecule has 1 aromatic heterocycles. The molecular formula is C22H38N8O6. The van der Waals surface area contributed by atoms with Crippen molar-refractivity contribution in [1.82, 2.24) is 25.9 Å². The van der Waals surface area contributed by atoms with Crippen molar-refractivity contribution in [3.63, 3.8) is 0 Å². The number of aliphatic carboxylic acids is 1. The van der Waals surface area contributed by atoms with Crippen LogP contribution < -0.4 is 33.2 Å². The Labute approximate surface area is 209 Å². The minimum atomic E-state index is -1.55. The summed E-state index contributed by atoms with van der Waals surface area (Å²) in [5, 5.41) is 16.8. The summed E-state index contributed by atoms with van der Waals surface area (Å²) in [6.45, 7) is 3.97. The monoisotopic (exact) mass is 510 g/mol. The number of amides is 4. The molecule has 1 heterocycles. The Hall–Kier alpha value is -3.52. The second kappa shape index (κ2) is 15.5. The van der Waals surface area contributed by atoms with Gasteiger partial charge < -0.3 is 43.2 Å². The van der Waals surface area contributed by atoms with Crippen LogP contribution in [0.5, 0.6) is 0 Å². The first-order chi connectivity index (χ1) is 17.0. The van der Waals surface area contributed by atoms with Crippen LogP contribution in [0, 0.1) is 5.92 Å². The normalized spacial score (nSPS) is 15.1. The van der Waals surface area contributed by atoms with Gasteiger partial charge in [-0.2, -0.15) is 0 Å². The Kier molecular flexibility index (Phi) is 13.1.